The third-order valence-electron chi connectivity index (χ3n) is 4.18. The summed E-state index contributed by atoms with van der Waals surface area (Å²) < 4.78 is 13.8. The summed E-state index contributed by atoms with van der Waals surface area (Å²) in [6, 6.07) is 18.3. The Balaban J connectivity index is 0. The van der Waals surface area contributed by atoms with E-state index in [0.29, 0.717) is 26.1 Å². The smallest absolute Gasteiger partial charge is 0.306 e. The van der Waals surface area contributed by atoms with Crippen molar-refractivity contribution in [2.24, 2.45) is 0 Å². The number of hydrogen-bond acceptors (Lipinski definition) is 7. The van der Waals surface area contributed by atoms with Crippen LogP contribution in [0.2, 0.25) is 0 Å². The highest BCUT2D eigenvalue weighted by atomic mass is 16.5. The molecule has 0 saturated heterocycles. The Morgan fingerprint density at radius 3 is 1.69 bits per heavy atom. The molecule has 0 saturated carbocycles. The number of rotatable bonds is 9. The van der Waals surface area contributed by atoms with Crippen LogP contribution in [0.4, 0.5) is 0 Å². The van der Waals surface area contributed by atoms with Crippen molar-refractivity contribution in [3.05, 3.63) is 71.3 Å². The summed E-state index contributed by atoms with van der Waals surface area (Å²) >= 11 is 0. The van der Waals surface area contributed by atoms with Gasteiger partial charge in [0.2, 0.25) is 0 Å². The van der Waals surface area contributed by atoms with E-state index in [1.165, 1.54) is 25.0 Å². The molecule has 36 heavy (non-hydrogen) atoms. The largest absolute Gasteiger partial charge is 0.466 e. The highest BCUT2D eigenvalue weighted by Crippen LogP contribution is 2.06. The molecule has 2 aromatic rings. The van der Waals surface area contributed by atoms with Crippen molar-refractivity contribution in [1.29, 1.82) is 0 Å². The minimum absolute atomic E-state index is 0.0900. The highest BCUT2D eigenvalue weighted by Gasteiger charge is 2.02. The summed E-state index contributed by atoms with van der Waals surface area (Å²) in [4.78, 5) is 31.0. The SMILES string of the molecule is CCCCOC(C)=O.CCOC(C)=O.Cc1ccc(CCC(=O)OCCO)cc1.Cc1ccccc1. The first-order valence-electron chi connectivity index (χ1n) is 12.3. The van der Waals surface area contributed by atoms with Gasteiger partial charge in [-0.15, -0.1) is 0 Å². The molecule has 0 unspecified atom stereocenters. The van der Waals surface area contributed by atoms with Crippen LogP contribution in [0.1, 0.15) is 63.6 Å². The summed E-state index contributed by atoms with van der Waals surface area (Å²) in [5.41, 5.74) is 3.66. The molecule has 0 aliphatic rings. The first-order chi connectivity index (χ1) is 17.2. The van der Waals surface area contributed by atoms with Crippen LogP contribution in [0.5, 0.6) is 0 Å². The van der Waals surface area contributed by atoms with Gasteiger partial charge in [0.1, 0.15) is 6.61 Å². The van der Waals surface area contributed by atoms with Crippen molar-refractivity contribution in [3.8, 4) is 0 Å². The fraction of sp³-hybridized carbons (Fsp3) is 0.483. The van der Waals surface area contributed by atoms with Gasteiger partial charge in [-0.05, 0) is 39.2 Å². The van der Waals surface area contributed by atoms with Gasteiger partial charge in [0.05, 0.1) is 19.8 Å². The maximum Gasteiger partial charge on any atom is 0.306 e. The van der Waals surface area contributed by atoms with Crippen LogP contribution in [0, 0.1) is 13.8 Å². The first kappa shape index (κ1) is 35.0. The van der Waals surface area contributed by atoms with E-state index in [4.69, 9.17) is 9.84 Å². The number of aliphatic hydroxyl groups excluding tert-OH is 1. The van der Waals surface area contributed by atoms with Gasteiger partial charge in [-0.1, -0.05) is 79.1 Å². The number of aryl methyl sites for hydroxylation is 3. The molecule has 7 nitrogen and oxygen atoms in total. The van der Waals surface area contributed by atoms with Gasteiger partial charge < -0.3 is 19.3 Å². The maximum absolute atomic E-state index is 11.1. The Kier molecular flexibility index (Phi) is 24.2. The number of ether oxygens (including phenoxy) is 3. The van der Waals surface area contributed by atoms with E-state index in [0.717, 1.165) is 18.4 Å². The number of hydrogen-bond donors (Lipinski definition) is 1. The molecule has 0 amide bonds. The lowest BCUT2D eigenvalue weighted by molar-refractivity contribution is -0.144. The van der Waals surface area contributed by atoms with E-state index in [2.05, 4.69) is 35.5 Å². The van der Waals surface area contributed by atoms with Crippen LogP contribution in [-0.2, 0) is 35.0 Å². The lowest BCUT2D eigenvalue weighted by atomic mass is 10.1. The topological polar surface area (TPSA) is 99.1 Å². The van der Waals surface area contributed by atoms with Gasteiger partial charge in [0, 0.05) is 20.3 Å². The molecule has 0 spiro atoms. The molecular weight excluding hydrogens is 460 g/mol. The molecule has 0 fully saturated rings. The molecule has 0 heterocycles. The van der Waals surface area contributed by atoms with E-state index >= 15 is 0 Å². The zero-order valence-corrected chi connectivity index (χ0v) is 22.7. The fourth-order valence-corrected chi connectivity index (χ4v) is 2.33. The number of carbonyl (C=O) groups is 3. The standard InChI is InChI=1S/C12H16O3.C7H8.C6H12O2.C4H8O2/c1-10-2-4-11(5-3-10)6-7-12(14)15-9-8-13;1-7-5-3-2-4-6-7;1-3-4-5-8-6(2)7;1-3-6-4(2)5/h2-5,13H,6-9H2,1H3;2-6H,1H3;3-5H2,1-2H3;3H2,1-2H3. The van der Waals surface area contributed by atoms with Crippen molar-refractivity contribution in [1.82, 2.24) is 0 Å². The predicted octanol–water partition coefficient (Wildman–Crippen LogP) is 5.38. The molecule has 0 aliphatic carbocycles. The van der Waals surface area contributed by atoms with Gasteiger partial charge in [0.15, 0.2) is 0 Å². The molecule has 0 aliphatic heterocycles. The predicted molar refractivity (Wildman–Crippen MR) is 143 cm³/mol. The molecule has 7 heteroatoms. The Morgan fingerprint density at radius 1 is 0.750 bits per heavy atom. The highest BCUT2D eigenvalue weighted by molar-refractivity contribution is 5.69. The van der Waals surface area contributed by atoms with Crippen molar-refractivity contribution in [2.75, 3.05) is 26.4 Å². The lowest BCUT2D eigenvalue weighted by Crippen LogP contribution is -2.09. The Bertz CT molecular complexity index is 802. The van der Waals surface area contributed by atoms with E-state index in [-0.39, 0.29) is 31.1 Å². The molecular formula is C29H44O7. The maximum atomic E-state index is 11.1. The van der Waals surface area contributed by atoms with Crippen LogP contribution in [0.25, 0.3) is 0 Å². The number of unbranched alkanes of at least 4 members (excludes halogenated alkanes) is 1. The van der Waals surface area contributed by atoms with E-state index < -0.39 is 0 Å². The number of benzene rings is 2. The van der Waals surface area contributed by atoms with Crippen molar-refractivity contribution in [3.63, 3.8) is 0 Å². The minimum atomic E-state index is -0.260. The Morgan fingerprint density at radius 2 is 1.31 bits per heavy atom. The fourth-order valence-electron chi connectivity index (χ4n) is 2.33. The minimum Gasteiger partial charge on any atom is -0.466 e. The summed E-state index contributed by atoms with van der Waals surface area (Å²) in [6.45, 7) is 11.8. The van der Waals surface area contributed by atoms with Gasteiger partial charge in [-0.2, -0.15) is 0 Å². The molecule has 0 radical (unpaired) electrons. The average Bonchev–Trinajstić information content (AvgIpc) is 2.84. The van der Waals surface area contributed by atoms with Crippen LogP contribution < -0.4 is 0 Å². The monoisotopic (exact) mass is 504 g/mol. The average molecular weight is 505 g/mol. The molecule has 0 atom stereocenters. The van der Waals surface area contributed by atoms with E-state index in [9.17, 15) is 14.4 Å². The second kappa shape index (κ2) is 24.9. The van der Waals surface area contributed by atoms with E-state index in [1.807, 2.05) is 49.4 Å². The lowest BCUT2D eigenvalue weighted by Gasteiger charge is -2.03. The molecule has 0 bridgehead atoms. The van der Waals surface area contributed by atoms with Gasteiger partial charge in [-0.3, -0.25) is 14.4 Å². The molecule has 1 N–H and O–H groups in total. The molecule has 2 aromatic carbocycles. The number of carbonyl (C=O) groups excluding carboxylic acids is 3. The summed E-state index contributed by atoms with van der Waals surface area (Å²) in [5, 5.41) is 8.45. The van der Waals surface area contributed by atoms with E-state index in [1.54, 1.807) is 6.92 Å². The van der Waals surface area contributed by atoms with Gasteiger partial charge >= 0.3 is 17.9 Å². The van der Waals surface area contributed by atoms with Gasteiger partial charge in [0.25, 0.3) is 0 Å². The quantitative estimate of drug-likeness (QED) is 0.278. The molecule has 0 aromatic heterocycles. The third kappa shape index (κ3) is 27.1. The second-order valence-corrected chi connectivity index (χ2v) is 7.70. The van der Waals surface area contributed by atoms with Crippen molar-refractivity contribution >= 4 is 17.9 Å². The van der Waals surface area contributed by atoms with Crippen molar-refractivity contribution in [2.45, 2.75) is 67.2 Å². The van der Waals surface area contributed by atoms with Crippen LogP contribution in [-0.4, -0.2) is 49.4 Å². The zero-order chi connectivity index (χ0) is 27.6. The Labute approximate surface area is 216 Å². The zero-order valence-electron chi connectivity index (χ0n) is 22.7. The normalized spacial score (nSPS) is 9.08. The molecule has 2 rings (SSSR count). The molecule has 202 valence electrons. The first-order valence-corrected chi connectivity index (χ1v) is 12.3. The summed E-state index contributed by atoms with van der Waals surface area (Å²) in [5.74, 6) is -0.652. The number of aliphatic hydroxyl groups is 1. The number of esters is 3. The summed E-state index contributed by atoms with van der Waals surface area (Å²) in [6.07, 6.45) is 3.10. The Hall–Kier alpha value is -3.19. The van der Waals surface area contributed by atoms with Crippen LogP contribution in [0.3, 0.4) is 0 Å². The van der Waals surface area contributed by atoms with Crippen LogP contribution >= 0.6 is 0 Å². The summed E-state index contributed by atoms with van der Waals surface area (Å²) in [7, 11) is 0. The van der Waals surface area contributed by atoms with Crippen molar-refractivity contribution < 1.29 is 33.7 Å². The second-order valence-electron chi connectivity index (χ2n) is 7.70. The van der Waals surface area contributed by atoms with Crippen LogP contribution in [0.15, 0.2) is 54.6 Å². The van der Waals surface area contributed by atoms with Gasteiger partial charge in [-0.25, -0.2) is 0 Å². The third-order valence-corrected chi connectivity index (χ3v) is 4.18.